The molecule has 0 fully saturated rings. The van der Waals surface area contributed by atoms with Gasteiger partial charge in [0.1, 0.15) is 5.15 Å². The Morgan fingerprint density at radius 2 is 2.47 bits per heavy atom. The van der Waals surface area contributed by atoms with Gasteiger partial charge in [0.25, 0.3) is 0 Å². The van der Waals surface area contributed by atoms with E-state index in [2.05, 4.69) is 20.9 Å². The Kier molecular flexibility index (Phi) is 5.36. The first-order valence-corrected chi connectivity index (χ1v) is 6.36. The van der Waals surface area contributed by atoms with Crippen molar-refractivity contribution in [1.29, 1.82) is 0 Å². The van der Waals surface area contributed by atoms with Crippen LogP contribution in [0.5, 0.6) is 0 Å². The molecular formula is C10H9BrClNOS. The third-order valence-corrected chi connectivity index (χ3v) is 3.17. The van der Waals surface area contributed by atoms with Crippen LogP contribution in [0, 0.1) is 0 Å². The van der Waals surface area contributed by atoms with E-state index in [0.29, 0.717) is 10.9 Å². The lowest BCUT2D eigenvalue weighted by Gasteiger charge is -1.97. The maximum Gasteiger partial charge on any atom is 0.186 e. The minimum Gasteiger partial charge on any atom is -0.288 e. The second-order valence-electron chi connectivity index (χ2n) is 2.73. The number of carbonyl (C=O) groups excluding carboxylic acids is 1. The summed E-state index contributed by atoms with van der Waals surface area (Å²) in [5.74, 6) is 0.668. The van der Waals surface area contributed by atoms with Crippen molar-refractivity contribution in [3.8, 4) is 0 Å². The fraction of sp³-hybridized carbons (Fsp3) is 0.200. The second-order valence-corrected chi connectivity index (χ2v) is 5.17. The molecule has 80 valence electrons. The molecule has 0 radical (unpaired) electrons. The molecule has 0 saturated heterocycles. The van der Waals surface area contributed by atoms with Crippen molar-refractivity contribution in [1.82, 2.24) is 4.98 Å². The average Bonchev–Trinajstić information content (AvgIpc) is 2.17. The summed E-state index contributed by atoms with van der Waals surface area (Å²) in [5, 5.41) is 0.573. The molecule has 0 aliphatic rings. The van der Waals surface area contributed by atoms with Gasteiger partial charge in [-0.05, 0) is 27.6 Å². The predicted molar refractivity (Wildman–Crippen MR) is 69.1 cm³/mol. The van der Waals surface area contributed by atoms with Gasteiger partial charge in [-0.1, -0.05) is 35.5 Å². The zero-order chi connectivity index (χ0) is 11.3. The molecule has 5 heteroatoms. The summed E-state index contributed by atoms with van der Waals surface area (Å²) in [6.45, 7) is 1.55. The maximum atomic E-state index is 10.7. The molecule has 0 aliphatic heterocycles. The molecule has 0 bridgehead atoms. The van der Waals surface area contributed by atoms with Gasteiger partial charge in [0, 0.05) is 23.3 Å². The van der Waals surface area contributed by atoms with E-state index in [1.807, 2.05) is 12.2 Å². The van der Waals surface area contributed by atoms with Crippen LogP contribution in [-0.4, -0.2) is 15.9 Å². The highest BCUT2D eigenvalue weighted by molar-refractivity contribution is 9.10. The van der Waals surface area contributed by atoms with E-state index in [-0.39, 0.29) is 5.12 Å². The van der Waals surface area contributed by atoms with E-state index >= 15 is 0 Å². The summed E-state index contributed by atoms with van der Waals surface area (Å²) in [7, 11) is 0. The van der Waals surface area contributed by atoms with E-state index in [9.17, 15) is 4.79 Å². The van der Waals surface area contributed by atoms with Crippen molar-refractivity contribution < 1.29 is 4.79 Å². The van der Waals surface area contributed by atoms with Crippen LogP contribution in [0.1, 0.15) is 12.5 Å². The SMILES string of the molecule is CC(=O)SCC=Cc1cc(Cl)ncc1Br. The van der Waals surface area contributed by atoms with Crippen molar-refractivity contribution in [3.63, 3.8) is 0 Å². The first-order valence-electron chi connectivity index (χ1n) is 4.20. The molecule has 1 heterocycles. The molecular weight excluding hydrogens is 298 g/mol. The number of nitrogens with zero attached hydrogens (tertiary/aromatic N) is 1. The topological polar surface area (TPSA) is 30.0 Å². The highest BCUT2D eigenvalue weighted by atomic mass is 79.9. The molecule has 0 spiro atoms. The van der Waals surface area contributed by atoms with Crippen molar-refractivity contribution in [2.75, 3.05) is 5.75 Å². The molecule has 1 rings (SSSR count). The fourth-order valence-electron chi connectivity index (χ4n) is 0.896. The summed E-state index contributed by atoms with van der Waals surface area (Å²) >= 11 is 10.4. The van der Waals surface area contributed by atoms with Crippen LogP contribution in [0.3, 0.4) is 0 Å². The summed E-state index contributed by atoms with van der Waals surface area (Å²) in [4.78, 5) is 14.6. The minimum atomic E-state index is 0.117. The van der Waals surface area contributed by atoms with Gasteiger partial charge >= 0.3 is 0 Å². The van der Waals surface area contributed by atoms with E-state index in [0.717, 1.165) is 10.0 Å². The smallest absolute Gasteiger partial charge is 0.186 e. The molecule has 0 N–H and O–H groups in total. The Balaban J connectivity index is 2.63. The molecule has 0 aromatic carbocycles. The molecule has 0 unspecified atom stereocenters. The van der Waals surface area contributed by atoms with Gasteiger partial charge in [0.15, 0.2) is 5.12 Å². The summed E-state index contributed by atoms with van der Waals surface area (Å²) in [6, 6.07) is 1.76. The van der Waals surface area contributed by atoms with Crippen LogP contribution in [-0.2, 0) is 4.79 Å². The van der Waals surface area contributed by atoms with E-state index in [1.165, 1.54) is 11.8 Å². The number of hydrogen-bond acceptors (Lipinski definition) is 3. The standard InChI is InChI=1S/C10H9BrClNOS/c1-7(14)15-4-2-3-8-5-10(12)13-6-9(8)11/h2-3,5-6H,4H2,1H3. The van der Waals surface area contributed by atoms with Crippen LogP contribution in [0.4, 0.5) is 0 Å². The van der Waals surface area contributed by atoms with E-state index in [4.69, 9.17) is 11.6 Å². The Morgan fingerprint density at radius 1 is 1.73 bits per heavy atom. The number of thioether (sulfide) groups is 1. The Hall–Kier alpha value is -0.320. The number of halogens is 2. The molecule has 0 saturated carbocycles. The van der Waals surface area contributed by atoms with Gasteiger partial charge in [-0.15, -0.1) is 0 Å². The lowest BCUT2D eigenvalue weighted by molar-refractivity contribution is -0.109. The molecule has 0 atom stereocenters. The highest BCUT2D eigenvalue weighted by Crippen LogP contribution is 2.20. The van der Waals surface area contributed by atoms with Crippen molar-refractivity contribution >= 4 is 50.5 Å². The lowest BCUT2D eigenvalue weighted by Crippen LogP contribution is -1.83. The molecule has 2 nitrogen and oxygen atoms in total. The minimum absolute atomic E-state index is 0.117. The van der Waals surface area contributed by atoms with Gasteiger partial charge in [-0.25, -0.2) is 4.98 Å². The van der Waals surface area contributed by atoms with E-state index < -0.39 is 0 Å². The second kappa shape index (κ2) is 6.30. The van der Waals surface area contributed by atoms with Crippen LogP contribution in [0.25, 0.3) is 6.08 Å². The van der Waals surface area contributed by atoms with Crippen LogP contribution in [0.2, 0.25) is 5.15 Å². The van der Waals surface area contributed by atoms with Crippen LogP contribution >= 0.6 is 39.3 Å². The third kappa shape index (κ3) is 4.82. The first-order chi connectivity index (χ1) is 7.09. The first kappa shape index (κ1) is 12.7. The average molecular weight is 307 g/mol. The zero-order valence-electron chi connectivity index (χ0n) is 8.04. The van der Waals surface area contributed by atoms with Crippen LogP contribution in [0.15, 0.2) is 22.8 Å². The van der Waals surface area contributed by atoms with Gasteiger partial charge in [-0.2, -0.15) is 0 Å². The van der Waals surface area contributed by atoms with Crippen molar-refractivity contribution in [3.05, 3.63) is 33.5 Å². The number of pyridine rings is 1. The number of aromatic nitrogens is 1. The molecule has 0 aliphatic carbocycles. The lowest BCUT2D eigenvalue weighted by atomic mass is 10.2. The normalized spacial score (nSPS) is 10.9. The Morgan fingerprint density at radius 3 is 3.13 bits per heavy atom. The maximum absolute atomic E-state index is 10.7. The number of rotatable bonds is 3. The highest BCUT2D eigenvalue weighted by Gasteiger charge is 1.97. The number of carbonyl (C=O) groups is 1. The summed E-state index contributed by atoms with van der Waals surface area (Å²) < 4.78 is 0.885. The molecule has 0 amide bonds. The summed E-state index contributed by atoms with van der Waals surface area (Å²) in [5.41, 5.74) is 0.958. The third-order valence-electron chi connectivity index (χ3n) is 1.53. The Labute approximate surface area is 106 Å². The molecule has 1 aromatic heterocycles. The largest absolute Gasteiger partial charge is 0.288 e. The summed E-state index contributed by atoms with van der Waals surface area (Å²) in [6.07, 6.45) is 5.48. The predicted octanol–water partition coefficient (Wildman–Crippen LogP) is 3.79. The van der Waals surface area contributed by atoms with Gasteiger partial charge in [0.2, 0.25) is 0 Å². The van der Waals surface area contributed by atoms with Gasteiger partial charge < -0.3 is 0 Å². The molecule has 15 heavy (non-hydrogen) atoms. The fourth-order valence-corrected chi connectivity index (χ4v) is 1.84. The Bertz CT molecular complexity index is 395. The van der Waals surface area contributed by atoms with Crippen molar-refractivity contribution in [2.45, 2.75) is 6.92 Å². The zero-order valence-corrected chi connectivity index (χ0v) is 11.2. The van der Waals surface area contributed by atoms with Crippen LogP contribution < -0.4 is 0 Å². The van der Waals surface area contributed by atoms with E-state index in [1.54, 1.807) is 19.2 Å². The quantitative estimate of drug-likeness (QED) is 0.796. The molecule has 1 aromatic rings. The van der Waals surface area contributed by atoms with Gasteiger partial charge in [0.05, 0.1) is 0 Å². The van der Waals surface area contributed by atoms with Gasteiger partial charge in [-0.3, -0.25) is 4.79 Å². The van der Waals surface area contributed by atoms with Crippen molar-refractivity contribution in [2.24, 2.45) is 0 Å². The monoisotopic (exact) mass is 305 g/mol. The number of hydrogen-bond donors (Lipinski definition) is 0.